The summed E-state index contributed by atoms with van der Waals surface area (Å²) in [5.74, 6) is -2.76. The van der Waals surface area contributed by atoms with Crippen molar-refractivity contribution in [3.8, 4) is 11.1 Å². The number of amides is 2. The van der Waals surface area contributed by atoms with E-state index in [0.29, 0.717) is 38.0 Å². The molecule has 1 saturated heterocycles. The lowest BCUT2D eigenvalue weighted by Crippen LogP contribution is -2.33. The number of carboxylic acids is 1. The van der Waals surface area contributed by atoms with Crippen LogP contribution < -0.4 is 10.5 Å². The van der Waals surface area contributed by atoms with Crippen LogP contribution in [-0.2, 0) is 39.0 Å². The van der Waals surface area contributed by atoms with Crippen LogP contribution in [-0.4, -0.2) is 80.0 Å². The summed E-state index contributed by atoms with van der Waals surface area (Å²) in [6.07, 6.45) is -0.0563. The van der Waals surface area contributed by atoms with Gasteiger partial charge in [0, 0.05) is 38.2 Å². The van der Waals surface area contributed by atoms with Crippen LogP contribution in [0.2, 0.25) is 0 Å². The van der Waals surface area contributed by atoms with Crippen LogP contribution >= 0.6 is 0 Å². The number of rotatable bonds is 15. The van der Waals surface area contributed by atoms with Gasteiger partial charge in [-0.05, 0) is 103 Å². The predicted molar refractivity (Wildman–Crippen MR) is 200 cm³/mol. The number of hydrogen-bond donors (Lipinski definition) is 3. The zero-order valence-electron chi connectivity index (χ0n) is 29.8. The molecule has 4 aromatic rings. The SMILES string of the molecule is NS(=O)(=O)c1ccc(CCN(Cc2cccc(-c3cccc(C(=O)NCCN4CCCC4)c3)c2)C(=O)CCCc2ccccc2)cc1.O=C(O)C(F)(F)F. The first-order chi connectivity index (χ1) is 25.7. The molecular weight excluding hydrogens is 722 g/mol. The Balaban J connectivity index is 0.000000845. The van der Waals surface area contributed by atoms with Crippen molar-refractivity contribution in [2.24, 2.45) is 5.14 Å². The number of sulfonamides is 1. The van der Waals surface area contributed by atoms with E-state index in [1.165, 1.54) is 30.5 Å². The van der Waals surface area contributed by atoms with E-state index < -0.39 is 22.2 Å². The molecule has 0 unspecified atom stereocenters. The molecule has 288 valence electrons. The van der Waals surface area contributed by atoms with Gasteiger partial charge in [0.15, 0.2) is 0 Å². The van der Waals surface area contributed by atoms with E-state index in [1.807, 2.05) is 65.6 Å². The molecule has 0 radical (unpaired) electrons. The molecule has 0 aromatic heterocycles. The van der Waals surface area contributed by atoms with E-state index in [4.69, 9.17) is 15.0 Å². The normalized spacial score (nSPS) is 13.1. The Hall–Kier alpha value is -5.05. The summed E-state index contributed by atoms with van der Waals surface area (Å²) in [7, 11) is -3.77. The maximum Gasteiger partial charge on any atom is 0.490 e. The molecule has 0 aliphatic carbocycles. The van der Waals surface area contributed by atoms with Crippen LogP contribution in [0.5, 0.6) is 0 Å². The van der Waals surface area contributed by atoms with Gasteiger partial charge in [-0.25, -0.2) is 18.4 Å². The van der Waals surface area contributed by atoms with Crippen molar-refractivity contribution in [3.05, 3.63) is 125 Å². The molecule has 4 aromatic carbocycles. The fraction of sp³-hybridized carbons (Fsp3) is 0.325. The van der Waals surface area contributed by atoms with Crippen molar-refractivity contribution in [2.75, 3.05) is 32.7 Å². The van der Waals surface area contributed by atoms with Crippen molar-refractivity contribution in [3.63, 3.8) is 0 Å². The number of carbonyl (C=O) groups excluding carboxylic acids is 2. The van der Waals surface area contributed by atoms with E-state index in [-0.39, 0.29) is 16.7 Å². The van der Waals surface area contributed by atoms with Crippen molar-refractivity contribution in [2.45, 2.75) is 56.1 Å². The zero-order valence-corrected chi connectivity index (χ0v) is 30.6. The minimum absolute atomic E-state index is 0.0653. The Morgan fingerprint density at radius 2 is 1.39 bits per heavy atom. The summed E-state index contributed by atoms with van der Waals surface area (Å²) in [5, 5.41) is 15.4. The van der Waals surface area contributed by atoms with Gasteiger partial charge in [-0.2, -0.15) is 13.2 Å². The van der Waals surface area contributed by atoms with Crippen molar-refractivity contribution in [1.29, 1.82) is 0 Å². The highest BCUT2D eigenvalue weighted by molar-refractivity contribution is 7.89. The third kappa shape index (κ3) is 13.7. The minimum atomic E-state index is -5.08. The minimum Gasteiger partial charge on any atom is -0.475 e. The number of alkyl halides is 3. The van der Waals surface area contributed by atoms with Crippen molar-refractivity contribution < 1.29 is 41.1 Å². The maximum atomic E-state index is 13.6. The van der Waals surface area contributed by atoms with Crippen LogP contribution in [0.25, 0.3) is 11.1 Å². The van der Waals surface area contributed by atoms with Gasteiger partial charge in [-0.15, -0.1) is 0 Å². The first kappa shape index (κ1) is 41.7. The van der Waals surface area contributed by atoms with Crippen LogP contribution in [0.15, 0.2) is 108 Å². The molecule has 10 nitrogen and oxygen atoms in total. The molecule has 0 saturated carbocycles. The van der Waals surface area contributed by atoms with Gasteiger partial charge in [0.25, 0.3) is 5.91 Å². The summed E-state index contributed by atoms with van der Waals surface area (Å²) < 4.78 is 55.1. The summed E-state index contributed by atoms with van der Waals surface area (Å²) in [5.41, 5.74) is 5.65. The standard InChI is InChI=1S/C38H44N4O4S.C2HF3O2/c39-47(45,46)36-19-17-31(18-20-36)21-25-42(37(43)16-7-11-30-9-2-1-3-10-30)29-32-12-6-13-33(27-32)34-14-8-15-35(28-34)38(44)40-22-26-41-23-4-5-24-41;3-2(4,5)1(6)7/h1-3,6,8-10,12-15,17-20,27-28H,4-5,7,11,16,21-26,29H2,(H,40,44)(H2,39,45,46);(H,6,7). The number of aryl methyl sites for hydroxylation is 1. The number of nitrogens with two attached hydrogens (primary N) is 1. The Labute approximate surface area is 313 Å². The summed E-state index contributed by atoms with van der Waals surface area (Å²) >= 11 is 0. The Morgan fingerprint density at radius 1 is 0.796 bits per heavy atom. The third-order valence-electron chi connectivity index (χ3n) is 8.89. The molecule has 0 spiro atoms. The van der Waals surface area contributed by atoms with Gasteiger partial charge in [0.2, 0.25) is 15.9 Å². The molecular formula is C40H45F3N4O6S. The number of carbonyl (C=O) groups is 3. The molecule has 54 heavy (non-hydrogen) atoms. The number of hydrogen-bond acceptors (Lipinski definition) is 6. The van der Waals surface area contributed by atoms with Crippen molar-refractivity contribution in [1.82, 2.24) is 15.1 Å². The molecule has 1 fully saturated rings. The Bertz CT molecular complexity index is 1950. The lowest BCUT2D eigenvalue weighted by Gasteiger charge is -2.24. The third-order valence-corrected chi connectivity index (χ3v) is 9.82. The Morgan fingerprint density at radius 3 is 2.02 bits per heavy atom. The van der Waals surface area contributed by atoms with Crippen LogP contribution in [0.3, 0.4) is 0 Å². The highest BCUT2D eigenvalue weighted by atomic mass is 32.2. The lowest BCUT2D eigenvalue weighted by atomic mass is 10.0. The summed E-state index contributed by atoms with van der Waals surface area (Å²) in [4.78, 5) is 39.7. The second-order valence-electron chi connectivity index (χ2n) is 13.0. The first-order valence-corrected chi connectivity index (χ1v) is 19.2. The van der Waals surface area contributed by atoms with Crippen LogP contribution in [0.1, 0.15) is 52.7 Å². The summed E-state index contributed by atoms with van der Waals surface area (Å²) in [6.45, 7) is 4.62. The smallest absolute Gasteiger partial charge is 0.475 e. The predicted octanol–water partition coefficient (Wildman–Crippen LogP) is 6.05. The number of benzene rings is 4. The quantitative estimate of drug-likeness (QED) is 0.133. The van der Waals surface area contributed by atoms with Gasteiger partial charge in [-0.1, -0.05) is 72.8 Å². The summed E-state index contributed by atoms with van der Waals surface area (Å²) in [6, 6.07) is 32.4. The average Bonchev–Trinajstić information content (AvgIpc) is 3.67. The van der Waals surface area contributed by atoms with Gasteiger partial charge >= 0.3 is 12.1 Å². The van der Waals surface area contributed by atoms with E-state index in [1.54, 1.807) is 12.1 Å². The molecule has 0 atom stereocenters. The number of nitrogens with zero attached hydrogens (tertiary/aromatic N) is 2. The molecule has 5 rings (SSSR count). The van der Waals surface area contributed by atoms with E-state index >= 15 is 0 Å². The fourth-order valence-corrected chi connectivity index (χ4v) is 6.51. The molecule has 0 bridgehead atoms. The van der Waals surface area contributed by atoms with Gasteiger partial charge in [-0.3, -0.25) is 9.59 Å². The number of halogens is 3. The Kier molecular flexibility index (Phi) is 15.3. The van der Waals surface area contributed by atoms with Gasteiger partial charge in [0.05, 0.1) is 4.90 Å². The maximum absolute atomic E-state index is 13.6. The first-order valence-electron chi connectivity index (χ1n) is 17.6. The second kappa shape index (κ2) is 19.9. The monoisotopic (exact) mass is 766 g/mol. The largest absolute Gasteiger partial charge is 0.490 e. The zero-order chi connectivity index (χ0) is 39.1. The van der Waals surface area contributed by atoms with Gasteiger partial charge < -0.3 is 20.2 Å². The fourth-order valence-electron chi connectivity index (χ4n) is 5.99. The molecule has 14 heteroatoms. The van der Waals surface area contributed by atoms with E-state index in [0.717, 1.165) is 54.7 Å². The number of nitrogens with one attached hydrogen (secondary N) is 1. The van der Waals surface area contributed by atoms with E-state index in [9.17, 15) is 31.2 Å². The van der Waals surface area contributed by atoms with E-state index in [2.05, 4.69) is 28.4 Å². The number of carboxylic acid groups (broad SMARTS) is 1. The highest BCUT2D eigenvalue weighted by Crippen LogP contribution is 2.23. The number of primary sulfonamides is 1. The number of likely N-dealkylation sites (tertiary alicyclic amines) is 1. The van der Waals surface area contributed by atoms with Crippen LogP contribution in [0.4, 0.5) is 13.2 Å². The molecule has 1 heterocycles. The average molecular weight is 767 g/mol. The number of aliphatic carboxylic acids is 1. The molecule has 2 amide bonds. The topological polar surface area (TPSA) is 150 Å². The molecule has 1 aliphatic heterocycles. The second-order valence-corrected chi connectivity index (χ2v) is 14.5. The molecule has 4 N–H and O–H groups in total. The van der Waals surface area contributed by atoms with Gasteiger partial charge in [0.1, 0.15) is 0 Å². The van der Waals surface area contributed by atoms with Crippen molar-refractivity contribution >= 4 is 27.8 Å². The molecule has 1 aliphatic rings. The highest BCUT2D eigenvalue weighted by Gasteiger charge is 2.38. The lowest BCUT2D eigenvalue weighted by molar-refractivity contribution is -0.192. The van der Waals surface area contributed by atoms with Crippen LogP contribution in [0, 0.1) is 0 Å².